The Morgan fingerprint density at radius 2 is 2.23 bits per heavy atom. The van der Waals surface area contributed by atoms with E-state index in [1.165, 1.54) is 11.0 Å². The van der Waals surface area contributed by atoms with Crippen LogP contribution in [0.3, 0.4) is 0 Å². The van der Waals surface area contributed by atoms with Crippen LogP contribution in [0, 0.1) is 9.39 Å². The van der Waals surface area contributed by atoms with Gasteiger partial charge in [-0.1, -0.05) is 0 Å². The maximum atomic E-state index is 13.2. The summed E-state index contributed by atoms with van der Waals surface area (Å²) in [6, 6.07) is 3.38. The predicted molar refractivity (Wildman–Crippen MR) is 66.3 cm³/mol. The first-order valence-electron chi connectivity index (χ1n) is 3.63. The molecule has 0 spiro atoms. The van der Waals surface area contributed by atoms with Crippen molar-refractivity contribution in [2.75, 3.05) is 6.26 Å². The summed E-state index contributed by atoms with van der Waals surface area (Å²) in [4.78, 5) is 1.17. The van der Waals surface area contributed by atoms with E-state index in [2.05, 4.69) is 28.0 Å². The van der Waals surface area contributed by atoms with E-state index in [1.807, 2.05) is 12.3 Å². The minimum atomic E-state index is -0.123. The van der Waals surface area contributed by atoms with E-state index in [1.54, 1.807) is 23.1 Å². The van der Waals surface area contributed by atoms with E-state index in [0.717, 1.165) is 13.7 Å². The second-order valence-corrected chi connectivity index (χ2v) is 5.38. The lowest BCUT2D eigenvalue weighted by atomic mass is 10.2. The van der Waals surface area contributed by atoms with E-state index in [4.69, 9.17) is 0 Å². The molecule has 4 heteroatoms. The van der Waals surface area contributed by atoms with Gasteiger partial charge in [0.1, 0.15) is 5.82 Å². The fourth-order valence-corrected chi connectivity index (χ4v) is 4.15. The first-order valence-corrected chi connectivity index (χ1v) is 6.81. The maximum Gasteiger partial charge on any atom is 0.137 e. The number of thioether (sulfide) groups is 1. The van der Waals surface area contributed by atoms with E-state index in [-0.39, 0.29) is 5.82 Å². The Morgan fingerprint density at radius 3 is 2.92 bits per heavy atom. The quantitative estimate of drug-likeness (QED) is 0.555. The molecule has 1 aromatic heterocycles. The summed E-state index contributed by atoms with van der Waals surface area (Å²) in [6.07, 6.45) is 2.02. The number of hydrogen-bond donors (Lipinski definition) is 0. The fourth-order valence-electron chi connectivity index (χ4n) is 1.19. The summed E-state index contributed by atoms with van der Waals surface area (Å²) in [7, 11) is 0. The summed E-state index contributed by atoms with van der Waals surface area (Å²) in [5.41, 5.74) is 0. The highest BCUT2D eigenvalue weighted by Gasteiger charge is 2.09. The van der Waals surface area contributed by atoms with Gasteiger partial charge in [0.15, 0.2) is 0 Å². The zero-order valence-electron chi connectivity index (χ0n) is 6.80. The minimum Gasteiger partial charge on any atom is -0.206 e. The zero-order valence-corrected chi connectivity index (χ0v) is 10.6. The smallest absolute Gasteiger partial charge is 0.137 e. The van der Waals surface area contributed by atoms with Crippen LogP contribution in [0.25, 0.3) is 10.1 Å². The Hall–Kier alpha value is 0.190. The van der Waals surface area contributed by atoms with Crippen LogP contribution in [-0.2, 0) is 0 Å². The number of fused-ring (bicyclic) bond motifs is 1. The molecule has 0 aliphatic carbocycles. The first kappa shape index (κ1) is 9.73. The molecule has 0 aliphatic heterocycles. The lowest BCUT2D eigenvalue weighted by molar-refractivity contribution is 0.622. The SMILES string of the molecule is CSc1csc2ccc(F)c(I)c12. The number of halogens is 2. The van der Waals surface area contributed by atoms with Gasteiger partial charge >= 0.3 is 0 Å². The summed E-state index contributed by atoms with van der Waals surface area (Å²) in [6.45, 7) is 0. The molecule has 13 heavy (non-hydrogen) atoms. The van der Waals surface area contributed by atoms with E-state index >= 15 is 0 Å². The third kappa shape index (κ3) is 1.59. The van der Waals surface area contributed by atoms with Crippen molar-refractivity contribution in [3.05, 3.63) is 26.9 Å². The topological polar surface area (TPSA) is 0 Å². The summed E-state index contributed by atoms with van der Waals surface area (Å²) in [5, 5.41) is 3.15. The third-order valence-corrected chi connectivity index (χ3v) is 4.73. The van der Waals surface area contributed by atoms with Gasteiger partial charge in [-0.25, -0.2) is 4.39 Å². The van der Waals surface area contributed by atoms with Crippen LogP contribution >= 0.6 is 45.7 Å². The van der Waals surface area contributed by atoms with Crippen molar-refractivity contribution in [3.63, 3.8) is 0 Å². The lowest BCUT2D eigenvalue weighted by Gasteiger charge is -1.98. The van der Waals surface area contributed by atoms with Crippen molar-refractivity contribution in [1.82, 2.24) is 0 Å². The van der Waals surface area contributed by atoms with Crippen molar-refractivity contribution in [2.45, 2.75) is 4.90 Å². The van der Waals surface area contributed by atoms with Crippen LogP contribution in [0.4, 0.5) is 4.39 Å². The Morgan fingerprint density at radius 1 is 1.46 bits per heavy atom. The third-order valence-electron chi connectivity index (χ3n) is 1.82. The van der Waals surface area contributed by atoms with Gasteiger partial charge in [-0.3, -0.25) is 0 Å². The average Bonchev–Trinajstić information content (AvgIpc) is 2.55. The summed E-state index contributed by atoms with van der Waals surface area (Å²) < 4.78 is 15.1. The Balaban J connectivity index is 2.85. The molecule has 1 aromatic carbocycles. The molecule has 0 amide bonds. The van der Waals surface area contributed by atoms with Crippen molar-refractivity contribution >= 4 is 55.8 Å². The summed E-state index contributed by atoms with van der Waals surface area (Å²) >= 11 is 5.40. The second kappa shape index (κ2) is 3.74. The standard InChI is InChI=1S/C9H6FIS2/c1-12-7-4-13-6-3-2-5(10)9(11)8(6)7/h2-4H,1H3. The van der Waals surface area contributed by atoms with E-state index in [9.17, 15) is 4.39 Å². The number of hydrogen-bond acceptors (Lipinski definition) is 2. The molecular formula is C9H6FIS2. The normalized spacial score (nSPS) is 11.0. The highest BCUT2D eigenvalue weighted by molar-refractivity contribution is 14.1. The first-order chi connectivity index (χ1) is 6.24. The lowest BCUT2D eigenvalue weighted by Crippen LogP contribution is -1.81. The molecular weight excluding hydrogens is 318 g/mol. The average molecular weight is 324 g/mol. The Bertz CT molecular complexity index is 450. The molecule has 68 valence electrons. The van der Waals surface area contributed by atoms with Crippen molar-refractivity contribution in [3.8, 4) is 0 Å². The fraction of sp³-hybridized carbons (Fsp3) is 0.111. The molecule has 0 bridgehead atoms. The minimum absolute atomic E-state index is 0.123. The highest BCUT2D eigenvalue weighted by atomic mass is 127. The molecule has 0 saturated heterocycles. The van der Waals surface area contributed by atoms with Gasteiger partial charge in [-0.15, -0.1) is 23.1 Å². The van der Waals surface area contributed by atoms with Gasteiger partial charge in [-0.2, -0.15) is 0 Å². The van der Waals surface area contributed by atoms with Crippen LogP contribution in [-0.4, -0.2) is 6.26 Å². The van der Waals surface area contributed by atoms with Gasteiger partial charge in [0, 0.05) is 20.4 Å². The summed E-state index contributed by atoms with van der Waals surface area (Å²) in [5.74, 6) is -0.123. The van der Waals surface area contributed by atoms with Crippen LogP contribution in [0.1, 0.15) is 0 Å². The molecule has 0 nitrogen and oxygen atoms in total. The van der Waals surface area contributed by atoms with E-state index < -0.39 is 0 Å². The molecule has 0 aliphatic rings. The Kier molecular flexibility index (Phi) is 2.80. The molecule has 2 rings (SSSR count). The van der Waals surface area contributed by atoms with Crippen LogP contribution in [0.2, 0.25) is 0 Å². The number of thiophene rings is 1. The molecule has 0 radical (unpaired) electrons. The van der Waals surface area contributed by atoms with Gasteiger partial charge in [0.2, 0.25) is 0 Å². The number of benzene rings is 1. The highest BCUT2D eigenvalue weighted by Crippen LogP contribution is 2.36. The van der Waals surface area contributed by atoms with E-state index in [0.29, 0.717) is 0 Å². The van der Waals surface area contributed by atoms with Gasteiger partial charge in [0.25, 0.3) is 0 Å². The van der Waals surface area contributed by atoms with Crippen LogP contribution in [0.15, 0.2) is 22.4 Å². The Labute approximate surface area is 97.7 Å². The number of rotatable bonds is 1. The molecule has 2 aromatic rings. The van der Waals surface area contributed by atoms with Crippen LogP contribution in [0.5, 0.6) is 0 Å². The molecule has 1 heterocycles. The molecule has 0 fully saturated rings. The van der Waals surface area contributed by atoms with Gasteiger partial charge < -0.3 is 0 Å². The van der Waals surface area contributed by atoms with Crippen molar-refractivity contribution < 1.29 is 4.39 Å². The van der Waals surface area contributed by atoms with Gasteiger partial charge in [-0.05, 0) is 41.0 Å². The molecule has 0 unspecified atom stereocenters. The zero-order chi connectivity index (χ0) is 9.42. The second-order valence-electron chi connectivity index (χ2n) is 2.54. The van der Waals surface area contributed by atoms with Crippen molar-refractivity contribution in [2.24, 2.45) is 0 Å². The van der Waals surface area contributed by atoms with Gasteiger partial charge in [0.05, 0.1) is 3.57 Å². The largest absolute Gasteiger partial charge is 0.206 e. The van der Waals surface area contributed by atoms with Crippen molar-refractivity contribution in [1.29, 1.82) is 0 Å². The molecule has 0 N–H and O–H groups in total. The van der Waals surface area contributed by atoms with Crippen LogP contribution < -0.4 is 0 Å². The maximum absolute atomic E-state index is 13.2. The molecule has 0 saturated carbocycles. The monoisotopic (exact) mass is 324 g/mol. The predicted octanol–water partition coefficient (Wildman–Crippen LogP) is 4.37. The molecule has 0 atom stereocenters.